The minimum Gasteiger partial charge on any atom is -0.332 e. The van der Waals surface area contributed by atoms with Crippen molar-refractivity contribution in [1.29, 1.82) is 5.26 Å². The monoisotopic (exact) mass is 322 g/mol. The molecule has 0 radical (unpaired) electrons. The molecule has 0 aliphatic carbocycles. The van der Waals surface area contributed by atoms with E-state index in [1.54, 1.807) is 0 Å². The summed E-state index contributed by atoms with van der Waals surface area (Å²) in [5.41, 5.74) is -1.05. The van der Waals surface area contributed by atoms with Gasteiger partial charge in [0, 0.05) is 13.0 Å². The molecule has 1 aromatic rings. The topological polar surface area (TPSA) is 44.1 Å². The molecule has 0 N–H and O–H groups in total. The highest BCUT2D eigenvalue weighted by molar-refractivity contribution is 5.87. The molecule has 2 aliphatic rings. The van der Waals surface area contributed by atoms with E-state index >= 15 is 0 Å². The third-order valence-electron chi connectivity index (χ3n) is 5.26. The van der Waals surface area contributed by atoms with E-state index in [-0.39, 0.29) is 18.0 Å². The normalized spacial score (nSPS) is 30.4. The van der Waals surface area contributed by atoms with Crippen molar-refractivity contribution >= 4 is 5.91 Å². The Labute approximate surface area is 132 Å². The van der Waals surface area contributed by atoms with Crippen molar-refractivity contribution in [3.63, 3.8) is 0 Å². The van der Waals surface area contributed by atoms with Gasteiger partial charge in [-0.25, -0.2) is 13.2 Å². The molecule has 0 aromatic heterocycles. The van der Waals surface area contributed by atoms with Crippen LogP contribution >= 0.6 is 0 Å². The molecule has 3 nitrogen and oxygen atoms in total. The predicted octanol–water partition coefficient (Wildman–Crippen LogP) is 3.79. The fourth-order valence-electron chi connectivity index (χ4n) is 3.80. The van der Waals surface area contributed by atoms with Gasteiger partial charge in [0.15, 0.2) is 0 Å². The van der Waals surface area contributed by atoms with E-state index in [0.717, 1.165) is 13.0 Å². The van der Waals surface area contributed by atoms with E-state index in [9.17, 15) is 18.0 Å². The lowest BCUT2D eigenvalue weighted by Gasteiger charge is -2.31. The zero-order chi connectivity index (χ0) is 17.0. The molecule has 2 aliphatic heterocycles. The van der Waals surface area contributed by atoms with E-state index < -0.39 is 29.1 Å². The molecule has 1 amide bonds. The van der Waals surface area contributed by atoms with Crippen LogP contribution in [-0.4, -0.2) is 22.8 Å². The predicted molar refractivity (Wildman–Crippen MR) is 77.1 cm³/mol. The maximum atomic E-state index is 13.9. The third kappa shape index (κ3) is 2.30. The summed E-state index contributed by atoms with van der Waals surface area (Å²) in [6.45, 7) is 2.08. The maximum Gasteiger partial charge on any atom is 0.259 e. The Bertz CT molecular complexity index is 707. The van der Waals surface area contributed by atoms with Crippen LogP contribution < -0.4 is 0 Å². The molecule has 122 valence electrons. The van der Waals surface area contributed by atoms with E-state index in [4.69, 9.17) is 5.26 Å². The second kappa shape index (κ2) is 4.98. The fourth-order valence-corrected chi connectivity index (χ4v) is 3.80. The van der Waals surface area contributed by atoms with Gasteiger partial charge in [0.2, 0.25) is 5.91 Å². The van der Waals surface area contributed by atoms with Crippen LogP contribution in [0.15, 0.2) is 18.2 Å². The summed E-state index contributed by atoms with van der Waals surface area (Å²) in [4.78, 5) is 14.1. The first kappa shape index (κ1) is 15.9. The van der Waals surface area contributed by atoms with Gasteiger partial charge in [-0.05, 0) is 49.9 Å². The molecule has 2 saturated heterocycles. The Morgan fingerprint density at radius 1 is 1.35 bits per heavy atom. The van der Waals surface area contributed by atoms with Crippen molar-refractivity contribution < 1.29 is 18.0 Å². The fraction of sp³-hybridized carbons (Fsp3) is 0.529. The molecule has 3 atom stereocenters. The average molecular weight is 322 g/mol. The van der Waals surface area contributed by atoms with Crippen LogP contribution in [-0.2, 0) is 4.79 Å². The summed E-state index contributed by atoms with van der Waals surface area (Å²) in [5, 5.41) is 8.96. The van der Waals surface area contributed by atoms with Crippen LogP contribution in [0, 0.1) is 22.6 Å². The van der Waals surface area contributed by atoms with E-state index in [2.05, 4.69) is 0 Å². The molecule has 0 bridgehead atoms. The average Bonchev–Trinajstić information content (AvgIpc) is 2.97. The summed E-state index contributed by atoms with van der Waals surface area (Å²) in [5.74, 6) is -4.25. The van der Waals surface area contributed by atoms with Crippen LogP contribution in [0.5, 0.6) is 0 Å². The zero-order valence-corrected chi connectivity index (χ0v) is 12.9. The summed E-state index contributed by atoms with van der Waals surface area (Å²) >= 11 is 0. The molecule has 2 unspecified atom stereocenters. The highest BCUT2D eigenvalue weighted by Gasteiger charge is 2.62. The van der Waals surface area contributed by atoms with Crippen LogP contribution in [0.25, 0.3) is 0 Å². The number of benzene rings is 1. The van der Waals surface area contributed by atoms with Gasteiger partial charge in [0.1, 0.15) is 11.2 Å². The van der Waals surface area contributed by atoms with Crippen LogP contribution in [0.2, 0.25) is 0 Å². The van der Waals surface area contributed by atoms with Gasteiger partial charge < -0.3 is 4.90 Å². The van der Waals surface area contributed by atoms with E-state index in [1.165, 1.54) is 24.0 Å². The SMILES string of the molecule is CC(F)(F)C1(C)C[C@H]2CCC(c3cc(F)cc(C#N)c3)N2C1=O. The number of alkyl halides is 2. The number of rotatable bonds is 2. The quantitative estimate of drug-likeness (QED) is 0.831. The Kier molecular flexibility index (Phi) is 3.44. The van der Waals surface area contributed by atoms with Gasteiger partial charge in [-0.2, -0.15) is 5.26 Å². The second-order valence-electron chi connectivity index (χ2n) is 6.77. The number of fused-ring (bicyclic) bond motifs is 1. The lowest BCUT2D eigenvalue weighted by Crippen LogP contribution is -2.44. The largest absolute Gasteiger partial charge is 0.332 e. The first-order valence-electron chi connectivity index (χ1n) is 7.58. The van der Waals surface area contributed by atoms with Crippen LogP contribution in [0.1, 0.15) is 50.3 Å². The number of carbonyl (C=O) groups is 1. The zero-order valence-electron chi connectivity index (χ0n) is 12.9. The van der Waals surface area contributed by atoms with Crippen molar-refractivity contribution in [2.75, 3.05) is 0 Å². The maximum absolute atomic E-state index is 13.9. The van der Waals surface area contributed by atoms with Crippen LogP contribution in [0.3, 0.4) is 0 Å². The third-order valence-corrected chi connectivity index (χ3v) is 5.26. The van der Waals surface area contributed by atoms with E-state index in [1.807, 2.05) is 6.07 Å². The number of carbonyl (C=O) groups excluding carboxylic acids is 1. The Balaban J connectivity index is 1.98. The molecule has 3 rings (SSSR count). The second-order valence-corrected chi connectivity index (χ2v) is 6.77. The molecular formula is C17H17F3N2O. The number of nitriles is 1. The number of hydrogen-bond acceptors (Lipinski definition) is 2. The van der Waals surface area contributed by atoms with Gasteiger partial charge in [0.25, 0.3) is 5.92 Å². The molecule has 0 spiro atoms. The first-order valence-corrected chi connectivity index (χ1v) is 7.58. The van der Waals surface area contributed by atoms with Crippen molar-refractivity contribution in [1.82, 2.24) is 4.90 Å². The van der Waals surface area contributed by atoms with Crippen molar-refractivity contribution in [3.05, 3.63) is 35.1 Å². The minimum atomic E-state index is -3.11. The molecule has 23 heavy (non-hydrogen) atoms. The first-order chi connectivity index (χ1) is 10.7. The Morgan fingerprint density at radius 3 is 2.65 bits per heavy atom. The van der Waals surface area contributed by atoms with Crippen LogP contribution in [0.4, 0.5) is 13.2 Å². The van der Waals surface area contributed by atoms with Gasteiger partial charge >= 0.3 is 0 Å². The van der Waals surface area contributed by atoms with Gasteiger partial charge in [-0.15, -0.1) is 0 Å². The highest BCUT2D eigenvalue weighted by atomic mass is 19.3. The highest BCUT2D eigenvalue weighted by Crippen LogP contribution is 2.54. The smallest absolute Gasteiger partial charge is 0.259 e. The molecule has 1 aromatic carbocycles. The van der Waals surface area contributed by atoms with Gasteiger partial charge in [-0.1, -0.05) is 0 Å². The van der Waals surface area contributed by atoms with E-state index in [0.29, 0.717) is 18.4 Å². The summed E-state index contributed by atoms with van der Waals surface area (Å²) in [6.07, 6.45) is 1.31. The van der Waals surface area contributed by atoms with Crippen molar-refractivity contribution in [2.24, 2.45) is 5.41 Å². The number of hydrogen-bond donors (Lipinski definition) is 0. The van der Waals surface area contributed by atoms with Gasteiger partial charge in [-0.3, -0.25) is 4.79 Å². The number of amides is 1. The molecule has 2 fully saturated rings. The van der Waals surface area contributed by atoms with Crippen molar-refractivity contribution in [3.8, 4) is 6.07 Å². The number of nitrogens with zero attached hydrogens (tertiary/aromatic N) is 2. The summed E-state index contributed by atoms with van der Waals surface area (Å²) < 4.78 is 41.5. The Hall–Kier alpha value is -2.03. The molecular weight excluding hydrogens is 305 g/mol. The molecule has 2 heterocycles. The standard InChI is InChI=1S/C17H17F3N2O/c1-16(17(2,19)20)8-13-3-4-14(22(13)15(16)23)11-5-10(9-21)6-12(18)7-11/h5-7,13-14H,3-4,8H2,1-2H3/t13-,14?,16?/m1/s1. The lowest BCUT2D eigenvalue weighted by atomic mass is 9.80. The van der Waals surface area contributed by atoms with Gasteiger partial charge in [0.05, 0.1) is 17.7 Å². The minimum absolute atomic E-state index is 0.103. The lowest BCUT2D eigenvalue weighted by molar-refractivity contribution is -0.156. The van der Waals surface area contributed by atoms with Crippen molar-refractivity contribution in [2.45, 2.75) is 51.1 Å². The summed E-state index contributed by atoms with van der Waals surface area (Å²) in [6, 6.07) is 5.11. The Morgan fingerprint density at radius 2 is 2.04 bits per heavy atom. The summed E-state index contributed by atoms with van der Waals surface area (Å²) in [7, 11) is 0. The molecule has 6 heteroatoms. The number of halogens is 3. The molecule has 0 saturated carbocycles.